The van der Waals surface area contributed by atoms with Crippen molar-refractivity contribution in [2.24, 2.45) is 0 Å². The van der Waals surface area contributed by atoms with Crippen LogP contribution in [0.4, 0.5) is 11.6 Å². The highest BCUT2D eigenvalue weighted by Crippen LogP contribution is 2.24. The molecule has 0 spiro atoms. The van der Waals surface area contributed by atoms with Gasteiger partial charge in [-0.15, -0.1) is 0 Å². The Morgan fingerprint density at radius 3 is 2.38 bits per heavy atom. The highest BCUT2D eigenvalue weighted by Gasteiger charge is 2.14. The predicted octanol–water partition coefficient (Wildman–Crippen LogP) is 4.75. The van der Waals surface area contributed by atoms with Crippen LogP contribution in [0.15, 0.2) is 30.3 Å². The van der Waals surface area contributed by atoms with E-state index in [2.05, 4.69) is 60.4 Å². The monoisotopic (exact) mass is 354 g/mol. The molecule has 1 aromatic heterocycles. The van der Waals surface area contributed by atoms with Gasteiger partial charge in [0.15, 0.2) is 0 Å². The molecule has 1 heterocycles. The molecule has 0 aliphatic rings. The summed E-state index contributed by atoms with van der Waals surface area (Å²) in [6.07, 6.45) is 3.22. The fraction of sp³-hybridized carbons (Fsp3) is 0.476. The summed E-state index contributed by atoms with van der Waals surface area (Å²) in [5.74, 6) is 0.282. The lowest BCUT2D eigenvalue weighted by atomic mass is 9.87. The van der Waals surface area contributed by atoms with Crippen molar-refractivity contribution in [3.8, 4) is 0 Å². The van der Waals surface area contributed by atoms with Crippen molar-refractivity contribution in [1.82, 2.24) is 15.3 Å². The molecule has 26 heavy (non-hydrogen) atoms. The van der Waals surface area contributed by atoms with Crippen LogP contribution < -0.4 is 10.6 Å². The Labute approximate surface area is 156 Å². The van der Waals surface area contributed by atoms with Gasteiger partial charge in [-0.25, -0.2) is 9.97 Å². The van der Waals surface area contributed by atoms with Crippen LogP contribution in [0.2, 0.25) is 0 Å². The topological polar surface area (TPSA) is 66.9 Å². The summed E-state index contributed by atoms with van der Waals surface area (Å²) in [6, 6.07) is 9.93. The van der Waals surface area contributed by atoms with Gasteiger partial charge < -0.3 is 10.6 Å². The molecule has 0 saturated heterocycles. The third kappa shape index (κ3) is 5.83. The van der Waals surface area contributed by atoms with Crippen molar-refractivity contribution in [2.45, 2.75) is 59.3 Å². The van der Waals surface area contributed by atoms with Crippen molar-refractivity contribution < 1.29 is 4.79 Å². The maximum Gasteiger partial charge on any atom is 0.270 e. The fourth-order valence-corrected chi connectivity index (χ4v) is 2.59. The van der Waals surface area contributed by atoms with Crippen molar-refractivity contribution in [1.29, 1.82) is 0 Å². The number of carbonyl (C=O) groups excluding carboxylic acids is 1. The van der Waals surface area contributed by atoms with Crippen LogP contribution in [0, 0.1) is 6.92 Å². The Morgan fingerprint density at radius 2 is 1.77 bits per heavy atom. The number of unbranched alkanes of at least 4 members (excludes halogenated alkanes) is 2. The maximum absolute atomic E-state index is 12.3. The summed E-state index contributed by atoms with van der Waals surface area (Å²) in [6.45, 7) is 11.2. The molecule has 0 aliphatic carbocycles. The molecule has 0 radical (unpaired) electrons. The average Bonchev–Trinajstić information content (AvgIpc) is 2.57. The molecular formula is C21H30N4O. The largest absolute Gasteiger partial charge is 0.351 e. The van der Waals surface area contributed by atoms with Crippen LogP contribution in [0.1, 0.15) is 68.7 Å². The molecule has 0 unspecified atom stereocenters. The number of rotatable bonds is 7. The van der Waals surface area contributed by atoms with Gasteiger partial charge in [-0.1, -0.05) is 52.7 Å². The van der Waals surface area contributed by atoms with Crippen molar-refractivity contribution >= 4 is 17.5 Å². The van der Waals surface area contributed by atoms with Crippen molar-refractivity contribution in [3.63, 3.8) is 0 Å². The normalized spacial score (nSPS) is 11.3. The van der Waals surface area contributed by atoms with E-state index in [1.54, 1.807) is 6.07 Å². The molecule has 2 rings (SSSR count). The summed E-state index contributed by atoms with van der Waals surface area (Å²) < 4.78 is 0. The first-order valence-corrected chi connectivity index (χ1v) is 9.31. The van der Waals surface area contributed by atoms with E-state index in [4.69, 9.17) is 0 Å². The molecule has 0 atom stereocenters. The lowest BCUT2D eigenvalue weighted by Gasteiger charge is -2.19. The summed E-state index contributed by atoms with van der Waals surface area (Å²) in [4.78, 5) is 21.0. The van der Waals surface area contributed by atoms with Gasteiger partial charge >= 0.3 is 0 Å². The van der Waals surface area contributed by atoms with Gasteiger partial charge in [0.05, 0.1) is 0 Å². The molecule has 0 fully saturated rings. The molecule has 2 aromatic rings. The number of amides is 1. The number of hydrogen-bond donors (Lipinski definition) is 2. The van der Waals surface area contributed by atoms with Gasteiger partial charge in [0.2, 0.25) is 5.95 Å². The molecule has 5 heteroatoms. The van der Waals surface area contributed by atoms with Crippen LogP contribution in [-0.2, 0) is 5.41 Å². The van der Waals surface area contributed by atoms with E-state index >= 15 is 0 Å². The Kier molecular flexibility index (Phi) is 6.72. The number of aryl methyl sites for hydroxylation is 1. The average molecular weight is 354 g/mol. The Hall–Kier alpha value is -2.43. The maximum atomic E-state index is 12.3. The summed E-state index contributed by atoms with van der Waals surface area (Å²) in [5.41, 5.74) is 3.43. The summed E-state index contributed by atoms with van der Waals surface area (Å²) in [5, 5.41) is 6.11. The fourth-order valence-electron chi connectivity index (χ4n) is 2.59. The molecule has 0 bridgehead atoms. The minimum atomic E-state index is -0.155. The van der Waals surface area contributed by atoms with Gasteiger partial charge in [0, 0.05) is 17.9 Å². The highest BCUT2D eigenvalue weighted by molar-refractivity contribution is 5.92. The molecular weight excluding hydrogens is 324 g/mol. The van der Waals surface area contributed by atoms with Crippen LogP contribution in [0.3, 0.4) is 0 Å². The first-order chi connectivity index (χ1) is 12.3. The lowest BCUT2D eigenvalue weighted by Crippen LogP contribution is -2.25. The van der Waals surface area contributed by atoms with E-state index in [0.717, 1.165) is 30.6 Å². The number of aromatic nitrogens is 2. The standard InChI is InChI=1S/C21H30N4O/c1-6-7-8-13-22-19(26)18-14-15(2)23-20(25-18)24-17-11-9-16(10-12-17)21(3,4)5/h9-12,14H,6-8,13H2,1-5H3,(H,22,26)(H,23,24,25). The minimum Gasteiger partial charge on any atom is -0.351 e. The Balaban J connectivity index is 2.08. The van der Waals surface area contributed by atoms with E-state index in [1.807, 2.05) is 19.1 Å². The molecule has 1 aromatic carbocycles. The number of benzene rings is 1. The third-order valence-electron chi connectivity index (χ3n) is 4.16. The first kappa shape index (κ1) is 19.9. The van der Waals surface area contributed by atoms with Crippen LogP contribution in [0.25, 0.3) is 0 Å². The molecule has 2 N–H and O–H groups in total. The Bertz CT molecular complexity index is 733. The van der Waals surface area contributed by atoms with E-state index in [0.29, 0.717) is 18.2 Å². The molecule has 0 aliphatic heterocycles. The number of carbonyl (C=O) groups is 1. The first-order valence-electron chi connectivity index (χ1n) is 9.31. The second kappa shape index (κ2) is 8.79. The van der Waals surface area contributed by atoms with Crippen LogP contribution >= 0.6 is 0 Å². The van der Waals surface area contributed by atoms with Crippen molar-refractivity contribution in [3.05, 3.63) is 47.3 Å². The number of anilines is 2. The number of nitrogens with zero attached hydrogens (tertiary/aromatic N) is 2. The predicted molar refractivity (Wildman–Crippen MR) is 107 cm³/mol. The van der Waals surface area contributed by atoms with Crippen LogP contribution in [-0.4, -0.2) is 22.4 Å². The molecule has 5 nitrogen and oxygen atoms in total. The zero-order valence-corrected chi connectivity index (χ0v) is 16.5. The number of hydrogen-bond acceptors (Lipinski definition) is 4. The van der Waals surface area contributed by atoms with Crippen LogP contribution in [0.5, 0.6) is 0 Å². The number of nitrogens with one attached hydrogen (secondary N) is 2. The second-order valence-electron chi connectivity index (χ2n) is 7.63. The summed E-state index contributed by atoms with van der Waals surface area (Å²) in [7, 11) is 0. The van der Waals surface area contributed by atoms with Gasteiger partial charge in [-0.3, -0.25) is 4.79 Å². The minimum absolute atomic E-state index is 0.112. The van der Waals surface area contributed by atoms with Gasteiger partial charge in [0.25, 0.3) is 5.91 Å². The van der Waals surface area contributed by atoms with Gasteiger partial charge in [0.1, 0.15) is 5.69 Å². The second-order valence-corrected chi connectivity index (χ2v) is 7.63. The van der Waals surface area contributed by atoms with E-state index in [-0.39, 0.29) is 11.3 Å². The zero-order chi connectivity index (χ0) is 19.2. The Morgan fingerprint density at radius 1 is 1.08 bits per heavy atom. The molecule has 1 amide bonds. The summed E-state index contributed by atoms with van der Waals surface area (Å²) >= 11 is 0. The SMILES string of the molecule is CCCCCNC(=O)c1cc(C)nc(Nc2ccc(C(C)(C)C)cc2)n1. The third-order valence-corrected chi connectivity index (χ3v) is 4.16. The smallest absolute Gasteiger partial charge is 0.270 e. The van der Waals surface area contributed by atoms with Crippen molar-refractivity contribution in [2.75, 3.05) is 11.9 Å². The van der Waals surface area contributed by atoms with E-state index < -0.39 is 0 Å². The van der Waals surface area contributed by atoms with Gasteiger partial charge in [-0.2, -0.15) is 0 Å². The zero-order valence-electron chi connectivity index (χ0n) is 16.5. The lowest BCUT2D eigenvalue weighted by molar-refractivity contribution is 0.0948. The molecule has 0 saturated carbocycles. The molecule has 140 valence electrons. The highest BCUT2D eigenvalue weighted by atomic mass is 16.1. The quantitative estimate of drug-likeness (QED) is 0.704. The van der Waals surface area contributed by atoms with E-state index in [1.165, 1.54) is 5.56 Å². The van der Waals surface area contributed by atoms with E-state index in [9.17, 15) is 4.79 Å². The van der Waals surface area contributed by atoms with Gasteiger partial charge in [-0.05, 0) is 42.5 Å².